The summed E-state index contributed by atoms with van der Waals surface area (Å²) in [6.45, 7) is 0. The van der Waals surface area contributed by atoms with E-state index in [1.807, 2.05) is 0 Å². The van der Waals surface area contributed by atoms with Crippen LogP contribution in [-0.4, -0.2) is 0 Å². The van der Waals surface area contributed by atoms with Gasteiger partial charge in [-0.1, -0.05) is 48.5 Å². The predicted molar refractivity (Wildman–Crippen MR) is 92.9 cm³/mol. The molecule has 0 saturated carbocycles. The van der Waals surface area contributed by atoms with Crippen molar-refractivity contribution in [1.82, 2.24) is 0 Å². The lowest BCUT2D eigenvalue weighted by molar-refractivity contribution is 0.456. The molecule has 0 unspecified atom stereocenters. The maximum Gasteiger partial charge on any atom is 0.0965 e. The molecule has 0 atom stereocenters. The van der Waals surface area contributed by atoms with Gasteiger partial charge in [-0.05, 0) is 51.9 Å². The zero-order valence-electron chi connectivity index (χ0n) is 12.8. The minimum absolute atomic E-state index is 0.0867. The lowest BCUT2D eigenvalue weighted by Gasteiger charge is -2.36. The van der Waals surface area contributed by atoms with E-state index in [1.165, 1.54) is 32.7 Å². The summed E-state index contributed by atoms with van der Waals surface area (Å²) < 4.78 is 0. The molecule has 0 amide bonds. The van der Waals surface area contributed by atoms with Crippen LogP contribution < -0.4 is 5.73 Å². The first kappa shape index (κ1) is 12.7. The largest absolute Gasteiger partial charge is 0.401 e. The first-order chi connectivity index (χ1) is 11.2. The fourth-order valence-electron chi connectivity index (χ4n) is 4.67. The third kappa shape index (κ3) is 1.42. The normalized spacial score (nSPS) is 18.2. The number of allylic oxidation sites excluding steroid dienone is 2. The molecule has 23 heavy (non-hydrogen) atoms. The van der Waals surface area contributed by atoms with Crippen molar-refractivity contribution in [2.24, 2.45) is 5.73 Å². The highest BCUT2D eigenvalue weighted by atomic mass is 14.6. The van der Waals surface area contributed by atoms with Gasteiger partial charge < -0.3 is 5.73 Å². The molecule has 3 aromatic rings. The number of nitrogens with zero attached hydrogens (tertiary/aromatic N) is 1. The van der Waals surface area contributed by atoms with Crippen LogP contribution in [0.4, 0.5) is 0 Å². The topological polar surface area (TPSA) is 49.8 Å². The smallest absolute Gasteiger partial charge is 0.0965 e. The predicted octanol–water partition coefficient (Wildman–Crippen LogP) is 4.51. The number of fused-ring (bicyclic) bond motifs is 2. The Morgan fingerprint density at radius 3 is 2.09 bits per heavy atom. The molecule has 0 heterocycles. The fourth-order valence-corrected chi connectivity index (χ4v) is 4.67. The van der Waals surface area contributed by atoms with Gasteiger partial charge in [0.25, 0.3) is 0 Å². The molecule has 0 fully saturated rings. The van der Waals surface area contributed by atoms with E-state index < -0.39 is 0 Å². The molecular formula is C21H16N2. The SMILES string of the molecule is N#CC1=C(N)CCC2(C1)c1cccc3ccc4cccc2c4c13. The number of nitriles is 1. The minimum Gasteiger partial charge on any atom is -0.401 e. The monoisotopic (exact) mass is 296 g/mol. The number of nitrogens with two attached hydrogens (primary N) is 1. The summed E-state index contributed by atoms with van der Waals surface area (Å²) in [5.74, 6) is 0. The van der Waals surface area contributed by atoms with E-state index in [4.69, 9.17) is 5.73 Å². The molecule has 0 radical (unpaired) electrons. The highest BCUT2D eigenvalue weighted by Crippen LogP contribution is 2.55. The summed E-state index contributed by atoms with van der Waals surface area (Å²) in [7, 11) is 0. The highest BCUT2D eigenvalue weighted by Gasteiger charge is 2.44. The fraction of sp³-hybridized carbons (Fsp3) is 0.190. The van der Waals surface area contributed by atoms with Crippen molar-refractivity contribution in [2.75, 3.05) is 0 Å². The molecule has 2 nitrogen and oxygen atoms in total. The zero-order chi connectivity index (χ0) is 15.6. The summed E-state index contributed by atoms with van der Waals surface area (Å²) >= 11 is 0. The van der Waals surface area contributed by atoms with Crippen LogP contribution in [0.3, 0.4) is 0 Å². The summed E-state index contributed by atoms with van der Waals surface area (Å²) in [5.41, 5.74) is 10.3. The maximum absolute atomic E-state index is 9.52. The lowest BCUT2D eigenvalue weighted by Crippen LogP contribution is -2.31. The lowest BCUT2D eigenvalue weighted by atomic mass is 9.67. The van der Waals surface area contributed by atoms with Crippen LogP contribution in [0.5, 0.6) is 0 Å². The number of benzene rings is 3. The average Bonchev–Trinajstić information content (AvgIpc) is 2.87. The van der Waals surface area contributed by atoms with Crippen molar-refractivity contribution in [2.45, 2.75) is 24.7 Å². The van der Waals surface area contributed by atoms with Gasteiger partial charge in [-0.2, -0.15) is 5.26 Å². The van der Waals surface area contributed by atoms with Crippen LogP contribution in [0.2, 0.25) is 0 Å². The average molecular weight is 296 g/mol. The Bertz CT molecular complexity index is 1000. The van der Waals surface area contributed by atoms with E-state index in [9.17, 15) is 5.26 Å². The Morgan fingerprint density at radius 2 is 1.52 bits per heavy atom. The van der Waals surface area contributed by atoms with E-state index >= 15 is 0 Å². The molecule has 1 spiro atoms. The van der Waals surface area contributed by atoms with Gasteiger partial charge in [-0.25, -0.2) is 0 Å². The molecule has 110 valence electrons. The maximum atomic E-state index is 9.52. The number of rotatable bonds is 0. The van der Waals surface area contributed by atoms with Gasteiger partial charge in [-0.3, -0.25) is 0 Å². The van der Waals surface area contributed by atoms with Gasteiger partial charge in [0, 0.05) is 16.7 Å². The second-order valence-corrected chi connectivity index (χ2v) is 6.75. The molecule has 0 aliphatic heterocycles. The van der Waals surface area contributed by atoms with Crippen molar-refractivity contribution in [3.05, 3.63) is 70.9 Å². The minimum atomic E-state index is -0.0867. The second-order valence-electron chi connectivity index (χ2n) is 6.75. The molecule has 2 aliphatic carbocycles. The third-order valence-corrected chi connectivity index (χ3v) is 5.74. The second kappa shape index (κ2) is 4.14. The van der Waals surface area contributed by atoms with Crippen molar-refractivity contribution >= 4 is 21.5 Å². The van der Waals surface area contributed by atoms with Crippen LogP contribution >= 0.6 is 0 Å². The molecule has 3 aromatic carbocycles. The van der Waals surface area contributed by atoms with Crippen molar-refractivity contribution in [1.29, 1.82) is 5.26 Å². The number of hydrogen-bond donors (Lipinski definition) is 1. The third-order valence-electron chi connectivity index (χ3n) is 5.74. The highest BCUT2D eigenvalue weighted by molar-refractivity contribution is 6.15. The first-order valence-corrected chi connectivity index (χ1v) is 8.08. The van der Waals surface area contributed by atoms with Gasteiger partial charge in [0.05, 0.1) is 6.07 Å². The summed E-state index contributed by atoms with van der Waals surface area (Å²) in [6, 6.07) is 19.9. The molecule has 2 heteroatoms. The Labute approximate surface area is 134 Å². The summed E-state index contributed by atoms with van der Waals surface area (Å²) in [6.07, 6.45) is 2.50. The van der Waals surface area contributed by atoms with Crippen LogP contribution in [0.1, 0.15) is 30.4 Å². The molecule has 0 aromatic heterocycles. The zero-order valence-corrected chi connectivity index (χ0v) is 12.8. The quantitative estimate of drug-likeness (QED) is 0.620. The first-order valence-electron chi connectivity index (χ1n) is 8.08. The van der Waals surface area contributed by atoms with Gasteiger partial charge in [-0.15, -0.1) is 0 Å². The Morgan fingerprint density at radius 1 is 0.913 bits per heavy atom. The van der Waals surface area contributed by atoms with Gasteiger partial charge >= 0.3 is 0 Å². The Kier molecular flexibility index (Phi) is 2.29. The summed E-state index contributed by atoms with van der Waals surface area (Å²) in [5, 5.41) is 14.9. The molecule has 5 rings (SSSR count). The van der Waals surface area contributed by atoms with E-state index in [2.05, 4.69) is 54.6 Å². The van der Waals surface area contributed by atoms with E-state index in [0.29, 0.717) is 0 Å². The van der Waals surface area contributed by atoms with E-state index in [0.717, 1.165) is 30.5 Å². The van der Waals surface area contributed by atoms with Crippen LogP contribution in [0.15, 0.2) is 59.8 Å². The van der Waals surface area contributed by atoms with Gasteiger partial charge in [0.15, 0.2) is 0 Å². The van der Waals surface area contributed by atoms with Crippen LogP contribution in [0.25, 0.3) is 21.5 Å². The Balaban J connectivity index is 1.93. The van der Waals surface area contributed by atoms with Crippen LogP contribution in [-0.2, 0) is 5.41 Å². The van der Waals surface area contributed by atoms with E-state index in [1.54, 1.807) is 0 Å². The molecular weight excluding hydrogens is 280 g/mol. The molecule has 2 N–H and O–H groups in total. The Hall–Kier alpha value is -2.79. The molecule has 0 bridgehead atoms. The van der Waals surface area contributed by atoms with Crippen molar-refractivity contribution < 1.29 is 0 Å². The molecule has 0 saturated heterocycles. The van der Waals surface area contributed by atoms with Gasteiger partial charge in [0.2, 0.25) is 0 Å². The van der Waals surface area contributed by atoms with E-state index in [-0.39, 0.29) is 5.41 Å². The van der Waals surface area contributed by atoms with Gasteiger partial charge in [0.1, 0.15) is 0 Å². The van der Waals surface area contributed by atoms with Crippen molar-refractivity contribution in [3.63, 3.8) is 0 Å². The van der Waals surface area contributed by atoms with Crippen LogP contribution in [0, 0.1) is 11.3 Å². The standard InChI is InChI=1S/C21H16N2/c22-12-15-11-21(10-9-18(15)23)16-5-1-3-13-7-8-14-4-2-6-17(21)20(14)19(13)16/h1-8H,9-11,23H2. The summed E-state index contributed by atoms with van der Waals surface area (Å²) in [4.78, 5) is 0. The van der Waals surface area contributed by atoms with Crippen molar-refractivity contribution in [3.8, 4) is 6.07 Å². The molecule has 2 aliphatic rings. The number of hydrogen-bond acceptors (Lipinski definition) is 2.